The molecule has 1 atom stereocenters. The van der Waals surface area contributed by atoms with Crippen molar-refractivity contribution in [2.75, 3.05) is 13.1 Å². The standard InChI is InChI=1S/C13H15ClN2O3/c1-2-13(12(18)19)4-6-16(8-13)11(17)10-7-9(14)3-5-15-10/h3,5,7H,2,4,6,8H2,1H3,(H,18,19). The van der Waals surface area contributed by atoms with Gasteiger partial charge in [0.25, 0.3) is 5.91 Å². The van der Waals surface area contributed by atoms with Crippen LogP contribution in [0.25, 0.3) is 0 Å². The zero-order chi connectivity index (χ0) is 14.0. The van der Waals surface area contributed by atoms with Crippen molar-refractivity contribution in [1.29, 1.82) is 0 Å². The molecule has 1 saturated heterocycles. The van der Waals surface area contributed by atoms with Gasteiger partial charge < -0.3 is 10.0 Å². The Bertz CT molecular complexity index is 520. The molecular formula is C13H15ClN2O3. The number of likely N-dealkylation sites (tertiary alicyclic amines) is 1. The van der Waals surface area contributed by atoms with Gasteiger partial charge in [0.1, 0.15) is 5.69 Å². The van der Waals surface area contributed by atoms with E-state index in [1.54, 1.807) is 6.07 Å². The van der Waals surface area contributed by atoms with Crippen LogP contribution in [0.4, 0.5) is 0 Å². The number of carboxylic acid groups (broad SMARTS) is 1. The van der Waals surface area contributed by atoms with Crippen molar-refractivity contribution in [2.24, 2.45) is 5.41 Å². The quantitative estimate of drug-likeness (QED) is 0.921. The van der Waals surface area contributed by atoms with Gasteiger partial charge in [-0.3, -0.25) is 14.6 Å². The molecule has 19 heavy (non-hydrogen) atoms. The minimum atomic E-state index is -0.843. The van der Waals surface area contributed by atoms with Gasteiger partial charge in [-0.25, -0.2) is 0 Å². The fourth-order valence-electron chi connectivity index (χ4n) is 2.34. The molecule has 1 aliphatic heterocycles. The Balaban J connectivity index is 2.17. The van der Waals surface area contributed by atoms with Gasteiger partial charge in [-0.05, 0) is 25.0 Å². The molecule has 0 saturated carbocycles. The number of carbonyl (C=O) groups excluding carboxylic acids is 1. The maximum Gasteiger partial charge on any atom is 0.311 e. The highest BCUT2D eigenvalue weighted by atomic mass is 35.5. The number of halogens is 1. The molecule has 5 nitrogen and oxygen atoms in total. The average Bonchev–Trinajstić information content (AvgIpc) is 2.83. The van der Waals surface area contributed by atoms with Crippen molar-refractivity contribution in [3.05, 3.63) is 29.0 Å². The van der Waals surface area contributed by atoms with Gasteiger partial charge in [0.15, 0.2) is 0 Å². The molecule has 2 rings (SSSR count). The SMILES string of the molecule is CCC1(C(=O)O)CCN(C(=O)c2cc(Cl)ccn2)C1. The molecule has 1 aromatic heterocycles. The smallest absolute Gasteiger partial charge is 0.311 e. The van der Waals surface area contributed by atoms with Crippen LogP contribution in [0.3, 0.4) is 0 Å². The summed E-state index contributed by atoms with van der Waals surface area (Å²) in [7, 11) is 0. The highest BCUT2D eigenvalue weighted by Gasteiger charge is 2.45. The van der Waals surface area contributed by atoms with Crippen molar-refractivity contribution < 1.29 is 14.7 Å². The number of carboxylic acids is 1. The van der Waals surface area contributed by atoms with E-state index in [4.69, 9.17) is 11.6 Å². The van der Waals surface area contributed by atoms with E-state index in [-0.39, 0.29) is 18.1 Å². The third-order valence-corrected chi connectivity index (χ3v) is 3.95. The summed E-state index contributed by atoms with van der Waals surface area (Å²) in [6, 6.07) is 3.09. The summed E-state index contributed by atoms with van der Waals surface area (Å²) in [6.07, 6.45) is 2.45. The van der Waals surface area contributed by atoms with E-state index in [0.717, 1.165) is 0 Å². The lowest BCUT2D eigenvalue weighted by Crippen LogP contribution is -2.36. The predicted octanol–water partition coefficient (Wildman–Crippen LogP) is 2.06. The zero-order valence-electron chi connectivity index (χ0n) is 10.6. The lowest BCUT2D eigenvalue weighted by atomic mass is 9.84. The van der Waals surface area contributed by atoms with E-state index in [1.165, 1.54) is 17.2 Å². The van der Waals surface area contributed by atoms with E-state index in [2.05, 4.69) is 4.98 Å². The van der Waals surface area contributed by atoms with Crippen LogP contribution in [0, 0.1) is 5.41 Å². The third kappa shape index (κ3) is 2.56. The van der Waals surface area contributed by atoms with Crippen LogP contribution < -0.4 is 0 Å². The molecular weight excluding hydrogens is 268 g/mol. The maximum absolute atomic E-state index is 12.2. The molecule has 1 unspecified atom stereocenters. The fourth-order valence-corrected chi connectivity index (χ4v) is 2.50. The largest absolute Gasteiger partial charge is 0.481 e. The fraction of sp³-hybridized carbons (Fsp3) is 0.462. The normalized spacial score (nSPS) is 22.5. The molecule has 0 radical (unpaired) electrons. The van der Waals surface area contributed by atoms with E-state index in [9.17, 15) is 14.7 Å². The van der Waals surface area contributed by atoms with Crippen molar-refractivity contribution in [2.45, 2.75) is 19.8 Å². The van der Waals surface area contributed by atoms with Crippen LogP contribution in [0.5, 0.6) is 0 Å². The molecule has 1 aromatic rings. The molecule has 1 amide bonds. The molecule has 102 valence electrons. The molecule has 1 N–H and O–H groups in total. The minimum absolute atomic E-state index is 0.228. The Morgan fingerprint density at radius 2 is 2.32 bits per heavy atom. The van der Waals surface area contributed by atoms with Gasteiger partial charge in [0.2, 0.25) is 0 Å². The number of carbonyl (C=O) groups is 2. The summed E-state index contributed by atoms with van der Waals surface area (Å²) < 4.78 is 0. The maximum atomic E-state index is 12.2. The van der Waals surface area contributed by atoms with Crippen molar-refractivity contribution in [3.63, 3.8) is 0 Å². The molecule has 1 fully saturated rings. The highest BCUT2D eigenvalue weighted by molar-refractivity contribution is 6.30. The van der Waals surface area contributed by atoms with Crippen LogP contribution in [-0.4, -0.2) is 40.0 Å². The molecule has 2 heterocycles. The second-order valence-corrected chi connectivity index (χ2v) is 5.21. The Morgan fingerprint density at radius 1 is 1.58 bits per heavy atom. The topological polar surface area (TPSA) is 70.5 Å². The zero-order valence-corrected chi connectivity index (χ0v) is 11.4. The van der Waals surface area contributed by atoms with Gasteiger partial charge in [-0.1, -0.05) is 18.5 Å². The first-order chi connectivity index (χ1) is 8.98. The first kappa shape index (κ1) is 13.8. The molecule has 0 spiro atoms. The van der Waals surface area contributed by atoms with E-state index in [1.807, 2.05) is 6.92 Å². The molecule has 0 aromatic carbocycles. The summed E-state index contributed by atoms with van der Waals surface area (Å²) in [5.74, 6) is -1.11. The van der Waals surface area contributed by atoms with Crippen LogP contribution in [-0.2, 0) is 4.79 Å². The summed E-state index contributed by atoms with van der Waals surface area (Å²) >= 11 is 5.82. The van der Waals surface area contributed by atoms with Gasteiger partial charge in [0, 0.05) is 24.3 Å². The van der Waals surface area contributed by atoms with Gasteiger partial charge >= 0.3 is 5.97 Å². The lowest BCUT2D eigenvalue weighted by molar-refractivity contribution is -0.148. The molecule has 0 bridgehead atoms. The van der Waals surface area contributed by atoms with Crippen LogP contribution in [0.15, 0.2) is 18.3 Å². The second-order valence-electron chi connectivity index (χ2n) is 4.78. The number of hydrogen-bond acceptors (Lipinski definition) is 3. The number of aromatic nitrogens is 1. The van der Waals surface area contributed by atoms with Crippen molar-refractivity contribution in [1.82, 2.24) is 9.88 Å². The molecule has 6 heteroatoms. The van der Waals surface area contributed by atoms with Gasteiger partial charge in [0.05, 0.1) is 5.41 Å². The number of hydrogen-bond donors (Lipinski definition) is 1. The monoisotopic (exact) mass is 282 g/mol. The van der Waals surface area contributed by atoms with Crippen LogP contribution in [0.2, 0.25) is 5.02 Å². The number of aliphatic carboxylic acids is 1. The molecule has 1 aliphatic rings. The number of amides is 1. The Hall–Kier alpha value is -1.62. The van der Waals surface area contributed by atoms with Crippen LogP contribution in [0.1, 0.15) is 30.3 Å². The van der Waals surface area contributed by atoms with E-state index < -0.39 is 11.4 Å². The van der Waals surface area contributed by atoms with Crippen molar-refractivity contribution >= 4 is 23.5 Å². The van der Waals surface area contributed by atoms with E-state index in [0.29, 0.717) is 24.4 Å². The first-order valence-electron chi connectivity index (χ1n) is 6.13. The Morgan fingerprint density at radius 3 is 2.84 bits per heavy atom. The number of pyridine rings is 1. The Kier molecular flexibility index (Phi) is 3.75. The van der Waals surface area contributed by atoms with Crippen molar-refractivity contribution in [3.8, 4) is 0 Å². The predicted molar refractivity (Wildman–Crippen MR) is 70.1 cm³/mol. The second kappa shape index (κ2) is 5.17. The number of rotatable bonds is 3. The lowest BCUT2D eigenvalue weighted by Gasteiger charge is -2.22. The van der Waals surface area contributed by atoms with E-state index >= 15 is 0 Å². The van der Waals surface area contributed by atoms with Crippen LogP contribution >= 0.6 is 11.6 Å². The average molecular weight is 283 g/mol. The molecule has 0 aliphatic carbocycles. The Labute approximate surface area is 116 Å². The third-order valence-electron chi connectivity index (χ3n) is 3.71. The first-order valence-corrected chi connectivity index (χ1v) is 6.50. The van der Waals surface area contributed by atoms with Gasteiger partial charge in [-0.15, -0.1) is 0 Å². The highest BCUT2D eigenvalue weighted by Crippen LogP contribution is 2.34. The summed E-state index contributed by atoms with van der Waals surface area (Å²) in [5.41, 5.74) is -0.571. The minimum Gasteiger partial charge on any atom is -0.481 e. The van der Waals surface area contributed by atoms with Gasteiger partial charge in [-0.2, -0.15) is 0 Å². The number of nitrogens with zero attached hydrogens (tertiary/aromatic N) is 2. The summed E-state index contributed by atoms with van der Waals surface area (Å²) in [4.78, 5) is 29.1. The summed E-state index contributed by atoms with van der Waals surface area (Å²) in [6.45, 7) is 2.50. The summed E-state index contributed by atoms with van der Waals surface area (Å²) in [5, 5.41) is 9.75.